The molecule has 0 N–H and O–H groups in total. The van der Waals surface area contributed by atoms with Gasteiger partial charge in [0.25, 0.3) is 0 Å². The van der Waals surface area contributed by atoms with Gasteiger partial charge in [-0.25, -0.2) is 0 Å². The maximum absolute atomic E-state index is 10.8. The van der Waals surface area contributed by atoms with Gasteiger partial charge in [-0.2, -0.15) is 0 Å². The van der Waals surface area contributed by atoms with Crippen LogP contribution in [0.15, 0.2) is 24.3 Å². The van der Waals surface area contributed by atoms with Gasteiger partial charge < -0.3 is 0 Å². The van der Waals surface area contributed by atoms with Gasteiger partial charge in [-0.15, -0.1) is 0 Å². The van der Waals surface area contributed by atoms with Crippen molar-refractivity contribution in [3.63, 3.8) is 0 Å². The highest BCUT2D eigenvalue weighted by Crippen LogP contribution is 2.15. The first-order chi connectivity index (χ1) is 6.34. The summed E-state index contributed by atoms with van der Waals surface area (Å²) < 4.78 is 0. The third-order valence-corrected chi connectivity index (χ3v) is 2.53. The van der Waals surface area contributed by atoms with Crippen molar-refractivity contribution < 1.29 is 5.11 Å². The van der Waals surface area contributed by atoms with Gasteiger partial charge in [-0.05, 0) is 43.6 Å². The molecule has 0 aromatic heterocycles. The molecule has 0 amide bonds. The molecule has 13 heavy (non-hydrogen) atoms. The molecule has 0 bridgehead atoms. The summed E-state index contributed by atoms with van der Waals surface area (Å²) >= 11 is 0. The Kier molecular flexibility index (Phi) is 2.50. The number of rotatable bonds is 2. The molecule has 2 rings (SSSR count). The summed E-state index contributed by atoms with van der Waals surface area (Å²) in [4.78, 5) is 2.43. The van der Waals surface area contributed by atoms with Gasteiger partial charge in [0.2, 0.25) is 0 Å². The van der Waals surface area contributed by atoms with E-state index in [9.17, 15) is 5.11 Å². The van der Waals surface area contributed by atoms with Crippen LogP contribution in [0.4, 0.5) is 0 Å². The Labute approximate surface area is 78.8 Å². The maximum Gasteiger partial charge on any atom is 0.178 e. The average Bonchev–Trinajstić information content (AvgIpc) is 2.62. The number of likely N-dealkylation sites (tertiary alicyclic amines) is 1. The fourth-order valence-electron chi connectivity index (χ4n) is 1.79. The van der Waals surface area contributed by atoms with Crippen LogP contribution in [0.5, 0.6) is 5.75 Å². The summed E-state index contributed by atoms with van der Waals surface area (Å²) in [5.74, 6) is 0.102. The summed E-state index contributed by atoms with van der Waals surface area (Å²) in [5.41, 5.74) is 1.25. The Morgan fingerprint density at radius 1 is 1.08 bits per heavy atom. The van der Waals surface area contributed by atoms with E-state index in [4.69, 9.17) is 0 Å². The van der Waals surface area contributed by atoms with Crippen LogP contribution in [0.1, 0.15) is 18.4 Å². The monoisotopic (exact) mass is 176 g/mol. The molecule has 0 unspecified atom stereocenters. The Balaban J connectivity index is 1.97. The highest BCUT2D eigenvalue weighted by molar-refractivity contribution is 5.25. The van der Waals surface area contributed by atoms with E-state index in [1.165, 1.54) is 31.5 Å². The molecule has 0 atom stereocenters. The van der Waals surface area contributed by atoms with Crippen LogP contribution in [-0.2, 0) is 11.7 Å². The summed E-state index contributed by atoms with van der Waals surface area (Å²) in [7, 11) is 0. The SMILES string of the molecule is [O]c1ccc(CN2CCCC2)cc1. The molecule has 1 radical (unpaired) electrons. The molecular weight excluding hydrogens is 162 g/mol. The lowest BCUT2D eigenvalue weighted by molar-refractivity contribution is 0.330. The minimum atomic E-state index is 0.102. The van der Waals surface area contributed by atoms with Gasteiger partial charge in [-0.1, -0.05) is 12.1 Å². The molecule has 1 aromatic rings. The molecular formula is C11H14NO. The summed E-state index contributed by atoms with van der Waals surface area (Å²) in [6.45, 7) is 3.42. The van der Waals surface area contributed by atoms with Gasteiger partial charge in [0.15, 0.2) is 5.75 Å². The topological polar surface area (TPSA) is 23.1 Å². The largest absolute Gasteiger partial charge is 0.299 e. The first kappa shape index (κ1) is 8.57. The van der Waals surface area contributed by atoms with Crippen LogP contribution in [0.3, 0.4) is 0 Å². The predicted molar refractivity (Wildman–Crippen MR) is 51.1 cm³/mol. The highest BCUT2D eigenvalue weighted by Gasteiger charge is 2.11. The second kappa shape index (κ2) is 3.79. The van der Waals surface area contributed by atoms with Crippen molar-refractivity contribution in [2.24, 2.45) is 0 Å². The standard InChI is InChI=1S/C11H14NO/c13-11-5-3-10(4-6-11)9-12-7-1-2-8-12/h3-6H,1-2,7-9H2. The minimum absolute atomic E-state index is 0.102. The number of hydrogen-bond acceptors (Lipinski definition) is 1. The number of nitrogens with zero attached hydrogens (tertiary/aromatic N) is 1. The van der Waals surface area contributed by atoms with E-state index in [0.29, 0.717) is 0 Å². The van der Waals surface area contributed by atoms with E-state index < -0.39 is 0 Å². The van der Waals surface area contributed by atoms with Crippen molar-refractivity contribution in [2.75, 3.05) is 13.1 Å². The van der Waals surface area contributed by atoms with E-state index in [0.717, 1.165) is 6.54 Å². The molecule has 1 saturated heterocycles. The van der Waals surface area contributed by atoms with Crippen molar-refractivity contribution in [1.29, 1.82) is 0 Å². The second-order valence-corrected chi connectivity index (χ2v) is 3.63. The lowest BCUT2D eigenvalue weighted by atomic mass is 10.2. The van der Waals surface area contributed by atoms with Crippen molar-refractivity contribution in [2.45, 2.75) is 19.4 Å². The normalized spacial score (nSPS) is 17.8. The lowest BCUT2D eigenvalue weighted by Gasteiger charge is -2.13. The zero-order chi connectivity index (χ0) is 9.10. The zero-order valence-electron chi connectivity index (χ0n) is 7.70. The second-order valence-electron chi connectivity index (χ2n) is 3.63. The number of hydrogen-bond donors (Lipinski definition) is 0. The predicted octanol–water partition coefficient (Wildman–Crippen LogP) is 2.43. The van der Waals surface area contributed by atoms with E-state index in [2.05, 4.69) is 4.90 Å². The van der Waals surface area contributed by atoms with Gasteiger partial charge in [0, 0.05) is 6.54 Å². The van der Waals surface area contributed by atoms with Crippen molar-refractivity contribution in [3.8, 4) is 5.75 Å². The fraction of sp³-hybridized carbons (Fsp3) is 0.455. The van der Waals surface area contributed by atoms with Gasteiger partial charge in [0.1, 0.15) is 0 Å². The summed E-state index contributed by atoms with van der Waals surface area (Å²) in [5, 5.41) is 10.8. The van der Waals surface area contributed by atoms with Crippen LogP contribution in [0.2, 0.25) is 0 Å². The molecule has 1 aromatic carbocycles. The summed E-state index contributed by atoms with van der Waals surface area (Å²) in [6, 6.07) is 7.15. The van der Waals surface area contributed by atoms with Gasteiger partial charge in [-0.3, -0.25) is 10.0 Å². The number of benzene rings is 1. The molecule has 1 heterocycles. The van der Waals surface area contributed by atoms with E-state index in [1.54, 1.807) is 12.1 Å². The summed E-state index contributed by atoms with van der Waals surface area (Å²) in [6.07, 6.45) is 2.64. The average molecular weight is 176 g/mol. The first-order valence-electron chi connectivity index (χ1n) is 4.83. The van der Waals surface area contributed by atoms with Crippen LogP contribution >= 0.6 is 0 Å². The molecule has 69 valence electrons. The van der Waals surface area contributed by atoms with E-state index >= 15 is 0 Å². The molecule has 2 heteroatoms. The Bertz CT molecular complexity index is 262. The quantitative estimate of drug-likeness (QED) is 0.678. The third-order valence-electron chi connectivity index (χ3n) is 2.53. The lowest BCUT2D eigenvalue weighted by Crippen LogP contribution is -2.18. The van der Waals surface area contributed by atoms with E-state index in [1.807, 2.05) is 12.1 Å². The molecule has 2 nitrogen and oxygen atoms in total. The Morgan fingerprint density at radius 2 is 1.69 bits per heavy atom. The molecule has 0 spiro atoms. The Morgan fingerprint density at radius 3 is 2.31 bits per heavy atom. The van der Waals surface area contributed by atoms with Gasteiger partial charge in [0.05, 0.1) is 0 Å². The maximum atomic E-state index is 10.8. The van der Waals surface area contributed by atoms with Crippen LogP contribution in [0.25, 0.3) is 0 Å². The van der Waals surface area contributed by atoms with Crippen molar-refractivity contribution in [3.05, 3.63) is 29.8 Å². The molecule has 0 saturated carbocycles. The minimum Gasteiger partial charge on any atom is -0.299 e. The molecule has 0 aliphatic carbocycles. The van der Waals surface area contributed by atoms with E-state index in [-0.39, 0.29) is 5.75 Å². The molecule has 1 fully saturated rings. The fourth-order valence-corrected chi connectivity index (χ4v) is 1.79. The molecule has 1 aliphatic heterocycles. The molecule has 1 aliphatic rings. The smallest absolute Gasteiger partial charge is 0.178 e. The van der Waals surface area contributed by atoms with Crippen LogP contribution < -0.4 is 0 Å². The van der Waals surface area contributed by atoms with Crippen molar-refractivity contribution in [1.82, 2.24) is 4.90 Å². The third kappa shape index (κ3) is 2.22. The zero-order valence-corrected chi connectivity index (χ0v) is 7.70. The Hall–Kier alpha value is -1.02. The van der Waals surface area contributed by atoms with Crippen LogP contribution in [-0.4, -0.2) is 18.0 Å². The van der Waals surface area contributed by atoms with Gasteiger partial charge >= 0.3 is 0 Å². The van der Waals surface area contributed by atoms with Crippen LogP contribution in [0, 0.1) is 0 Å². The first-order valence-corrected chi connectivity index (χ1v) is 4.83. The highest BCUT2D eigenvalue weighted by atomic mass is 16.3. The van der Waals surface area contributed by atoms with Crippen molar-refractivity contribution >= 4 is 0 Å².